The van der Waals surface area contributed by atoms with Gasteiger partial charge in [-0.25, -0.2) is 13.1 Å². The van der Waals surface area contributed by atoms with Crippen molar-refractivity contribution >= 4 is 15.9 Å². The summed E-state index contributed by atoms with van der Waals surface area (Å²) in [7, 11) is -0.707. The van der Waals surface area contributed by atoms with Crippen molar-refractivity contribution in [1.29, 1.82) is 0 Å². The van der Waals surface area contributed by atoms with E-state index < -0.39 is 10.0 Å². The maximum atomic E-state index is 12.6. The number of nitrogens with one attached hydrogen (secondary N) is 2. The number of carbonyl (C=O) groups excluding carboxylic acids is 1. The van der Waals surface area contributed by atoms with Crippen LogP contribution in [-0.4, -0.2) is 28.5 Å². The minimum Gasteiger partial charge on any atom is -0.496 e. The fraction of sp³-hybridized carbons (Fsp3) is 0.278. The topological polar surface area (TPSA) is 84.5 Å². The Morgan fingerprint density at radius 2 is 1.84 bits per heavy atom. The predicted molar refractivity (Wildman–Crippen MR) is 96.3 cm³/mol. The summed E-state index contributed by atoms with van der Waals surface area (Å²) in [6.07, 6.45) is 0. The van der Waals surface area contributed by atoms with Crippen molar-refractivity contribution < 1.29 is 17.9 Å². The van der Waals surface area contributed by atoms with E-state index in [2.05, 4.69) is 10.0 Å². The number of aryl methyl sites for hydroxylation is 1. The Hall–Kier alpha value is -2.38. The fourth-order valence-corrected chi connectivity index (χ4v) is 3.26. The molecule has 0 bridgehead atoms. The standard InChI is InChI=1S/C18H22N2O4S/c1-12-9-10-14(25(22,23)19-3)11-16(12)18(21)20-13(2)15-7-5-6-8-17(15)24-4/h5-11,13,19H,1-4H3,(H,20,21). The van der Waals surface area contributed by atoms with Crippen LogP contribution < -0.4 is 14.8 Å². The van der Waals surface area contributed by atoms with Gasteiger partial charge in [0, 0.05) is 11.1 Å². The van der Waals surface area contributed by atoms with E-state index in [-0.39, 0.29) is 16.8 Å². The lowest BCUT2D eigenvalue weighted by molar-refractivity contribution is 0.0938. The van der Waals surface area contributed by atoms with Crippen molar-refractivity contribution in [2.45, 2.75) is 24.8 Å². The molecule has 6 nitrogen and oxygen atoms in total. The second-order valence-corrected chi connectivity index (χ2v) is 7.51. The van der Waals surface area contributed by atoms with E-state index in [1.807, 2.05) is 31.2 Å². The average Bonchev–Trinajstić information content (AvgIpc) is 2.61. The molecule has 2 rings (SSSR count). The highest BCUT2D eigenvalue weighted by molar-refractivity contribution is 7.89. The van der Waals surface area contributed by atoms with Crippen molar-refractivity contribution in [3.63, 3.8) is 0 Å². The molecule has 0 aliphatic heterocycles. The van der Waals surface area contributed by atoms with Gasteiger partial charge < -0.3 is 10.1 Å². The Bertz CT molecular complexity index is 878. The monoisotopic (exact) mass is 362 g/mol. The van der Waals surface area contributed by atoms with Crippen LogP contribution in [0.5, 0.6) is 5.75 Å². The third-order valence-electron chi connectivity index (χ3n) is 3.99. The maximum absolute atomic E-state index is 12.6. The van der Waals surface area contributed by atoms with E-state index >= 15 is 0 Å². The quantitative estimate of drug-likeness (QED) is 0.826. The van der Waals surface area contributed by atoms with Crippen LogP contribution in [0.4, 0.5) is 0 Å². The minimum absolute atomic E-state index is 0.0516. The Kier molecular flexibility index (Phi) is 5.81. The van der Waals surface area contributed by atoms with Gasteiger partial charge in [-0.3, -0.25) is 4.79 Å². The first-order chi connectivity index (χ1) is 11.8. The molecule has 1 atom stereocenters. The predicted octanol–water partition coefficient (Wildman–Crippen LogP) is 2.40. The highest BCUT2D eigenvalue weighted by Gasteiger charge is 2.19. The Labute approximate surface area is 148 Å². The first-order valence-corrected chi connectivity index (χ1v) is 9.26. The molecule has 1 unspecified atom stereocenters. The highest BCUT2D eigenvalue weighted by atomic mass is 32.2. The van der Waals surface area contributed by atoms with Crippen LogP contribution in [0.25, 0.3) is 0 Å². The normalized spacial score (nSPS) is 12.5. The molecular weight excluding hydrogens is 340 g/mol. The SMILES string of the molecule is CNS(=O)(=O)c1ccc(C)c(C(=O)NC(C)c2ccccc2OC)c1. The van der Waals surface area contributed by atoms with Crippen LogP contribution in [0.2, 0.25) is 0 Å². The number of methoxy groups -OCH3 is 1. The van der Waals surface area contributed by atoms with Crippen LogP contribution in [-0.2, 0) is 10.0 Å². The summed E-state index contributed by atoms with van der Waals surface area (Å²) < 4.78 is 31.5. The number of sulfonamides is 1. The summed E-state index contributed by atoms with van der Waals surface area (Å²) >= 11 is 0. The largest absolute Gasteiger partial charge is 0.496 e. The Balaban J connectivity index is 2.30. The lowest BCUT2D eigenvalue weighted by Crippen LogP contribution is -2.28. The summed E-state index contributed by atoms with van der Waals surface area (Å²) in [6.45, 7) is 3.61. The van der Waals surface area contributed by atoms with Crippen LogP contribution in [0, 0.1) is 6.92 Å². The molecule has 0 spiro atoms. The van der Waals surface area contributed by atoms with Gasteiger partial charge in [-0.2, -0.15) is 0 Å². The van der Waals surface area contributed by atoms with Gasteiger partial charge in [0.25, 0.3) is 5.91 Å². The number of benzene rings is 2. The average molecular weight is 362 g/mol. The number of hydrogen-bond donors (Lipinski definition) is 2. The smallest absolute Gasteiger partial charge is 0.252 e. The Morgan fingerprint density at radius 3 is 2.48 bits per heavy atom. The van der Waals surface area contributed by atoms with Crippen molar-refractivity contribution in [3.05, 3.63) is 59.2 Å². The maximum Gasteiger partial charge on any atom is 0.252 e. The molecule has 0 aliphatic carbocycles. The summed E-state index contributed by atoms with van der Waals surface area (Å²) in [4.78, 5) is 12.7. The lowest BCUT2D eigenvalue weighted by atomic mass is 10.0. The summed E-state index contributed by atoms with van der Waals surface area (Å²) in [5.74, 6) is 0.336. The molecule has 7 heteroatoms. The number of rotatable bonds is 6. The van der Waals surface area contributed by atoms with E-state index in [1.54, 1.807) is 20.1 Å². The van der Waals surface area contributed by atoms with E-state index in [9.17, 15) is 13.2 Å². The fourth-order valence-electron chi connectivity index (χ4n) is 2.51. The molecule has 0 radical (unpaired) electrons. The molecule has 134 valence electrons. The van der Waals surface area contributed by atoms with Gasteiger partial charge in [0.05, 0.1) is 18.0 Å². The van der Waals surface area contributed by atoms with Crippen LogP contribution in [0.15, 0.2) is 47.4 Å². The molecule has 0 aliphatic rings. The van der Waals surface area contributed by atoms with Gasteiger partial charge in [0.1, 0.15) is 5.75 Å². The summed E-state index contributed by atoms with van der Waals surface area (Å²) in [5.41, 5.74) is 1.85. The van der Waals surface area contributed by atoms with Gasteiger partial charge in [-0.15, -0.1) is 0 Å². The molecular formula is C18H22N2O4S. The molecule has 2 aromatic carbocycles. The molecule has 2 N–H and O–H groups in total. The number of para-hydroxylation sites is 1. The van der Waals surface area contributed by atoms with E-state index in [0.29, 0.717) is 16.9 Å². The van der Waals surface area contributed by atoms with Crippen molar-refractivity contribution in [2.24, 2.45) is 0 Å². The second-order valence-electron chi connectivity index (χ2n) is 5.62. The van der Waals surface area contributed by atoms with Gasteiger partial charge in [-0.05, 0) is 44.7 Å². The number of hydrogen-bond acceptors (Lipinski definition) is 4. The van der Waals surface area contributed by atoms with Crippen LogP contribution >= 0.6 is 0 Å². The zero-order valence-electron chi connectivity index (χ0n) is 14.7. The van der Waals surface area contributed by atoms with Gasteiger partial charge in [0.2, 0.25) is 10.0 Å². The zero-order valence-corrected chi connectivity index (χ0v) is 15.5. The summed E-state index contributed by atoms with van der Waals surface area (Å²) in [6, 6.07) is 11.6. The molecule has 0 aromatic heterocycles. The molecule has 1 amide bonds. The first-order valence-electron chi connectivity index (χ1n) is 7.78. The minimum atomic E-state index is -3.61. The van der Waals surface area contributed by atoms with Gasteiger partial charge >= 0.3 is 0 Å². The van der Waals surface area contributed by atoms with E-state index in [4.69, 9.17) is 4.74 Å². The van der Waals surface area contributed by atoms with Crippen LogP contribution in [0.1, 0.15) is 34.5 Å². The van der Waals surface area contributed by atoms with Gasteiger partial charge in [0.15, 0.2) is 0 Å². The number of carbonyl (C=O) groups is 1. The van der Waals surface area contributed by atoms with E-state index in [1.165, 1.54) is 19.2 Å². The van der Waals surface area contributed by atoms with E-state index in [0.717, 1.165) is 5.56 Å². The van der Waals surface area contributed by atoms with Crippen molar-refractivity contribution in [1.82, 2.24) is 10.0 Å². The third kappa shape index (κ3) is 4.18. The number of ether oxygens (including phenoxy) is 1. The lowest BCUT2D eigenvalue weighted by Gasteiger charge is -2.18. The van der Waals surface area contributed by atoms with Gasteiger partial charge in [-0.1, -0.05) is 24.3 Å². The molecule has 0 heterocycles. The van der Waals surface area contributed by atoms with Crippen molar-refractivity contribution in [3.8, 4) is 5.75 Å². The third-order valence-corrected chi connectivity index (χ3v) is 5.40. The molecule has 0 saturated heterocycles. The highest BCUT2D eigenvalue weighted by Crippen LogP contribution is 2.25. The molecule has 0 fully saturated rings. The van der Waals surface area contributed by atoms with Crippen molar-refractivity contribution in [2.75, 3.05) is 14.2 Å². The first kappa shape index (κ1) is 19.0. The molecule has 25 heavy (non-hydrogen) atoms. The molecule has 0 saturated carbocycles. The van der Waals surface area contributed by atoms with Crippen LogP contribution in [0.3, 0.4) is 0 Å². The number of amides is 1. The summed E-state index contributed by atoms with van der Waals surface area (Å²) in [5, 5.41) is 2.89. The molecule has 2 aromatic rings. The second kappa shape index (κ2) is 7.67. The Morgan fingerprint density at radius 1 is 1.16 bits per heavy atom. The zero-order chi connectivity index (χ0) is 18.6.